The van der Waals surface area contributed by atoms with Crippen LogP contribution in [0.4, 0.5) is 0 Å². The third kappa shape index (κ3) is 4.51. The van der Waals surface area contributed by atoms with Crippen LogP contribution in [-0.4, -0.2) is 32.4 Å². The number of aryl methyl sites for hydroxylation is 1. The largest absolute Gasteiger partial charge is 0.356 e. The van der Waals surface area contributed by atoms with E-state index in [4.69, 9.17) is 4.52 Å². The molecule has 0 saturated heterocycles. The number of benzene rings is 2. The van der Waals surface area contributed by atoms with Crippen LogP contribution in [-0.2, 0) is 17.8 Å². The highest BCUT2D eigenvalue weighted by Crippen LogP contribution is 2.33. The van der Waals surface area contributed by atoms with Gasteiger partial charge in [-0.25, -0.2) is 9.67 Å². The number of nitrogens with zero attached hydrogens (tertiary/aromatic N) is 4. The van der Waals surface area contributed by atoms with E-state index in [0.29, 0.717) is 17.0 Å². The third-order valence-electron chi connectivity index (χ3n) is 5.34. The van der Waals surface area contributed by atoms with E-state index in [1.165, 1.54) is 22.1 Å². The van der Waals surface area contributed by atoms with Gasteiger partial charge in [0.15, 0.2) is 5.58 Å². The maximum Gasteiger partial charge on any atom is 0.266 e. The monoisotopic (exact) mass is 471 g/mol. The number of amides is 1. The van der Waals surface area contributed by atoms with Crippen LogP contribution in [0.1, 0.15) is 11.4 Å². The van der Waals surface area contributed by atoms with Crippen molar-refractivity contribution in [3.8, 4) is 21.1 Å². The minimum atomic E-state index is -0.231. The maximum atomic E-state index is 12.4. The predicted octanol–water partition coefficient (Wildman–Crippen LogP) is 3.84. The van der Waals surface area contributed by atoms with Crippen LogP contribution < -0.4 is 10.9 Å². The molecular formula is C25H21N5O3S. The van der Waals surface area contributed by atoms with Crippen LogP contribution in [0.3, 0.4) is 0 Å². The number of carbonyl (C=O) groups excluding carboxylic acids is 1. The normalized spacial score (nSPS) is 11.1. The second kappa shape index (κ2) is 9.40. The zero-order valence-corrected chi connectivity index (χ0v) is 19.2. The van der Waals surface area contributed by atoms with Gasteiger partial charge in [-0.1, -0.05) is 47.6 Å². The molecule has 3 aromatic heterocycles. The van der Waals surface area contributed by atoms with Gasteiger partial charge in [-0.05, 0) is 25.1 Å². The van der Waals surface area contributed by atoms with E-state index in [0.717, 1.165) is 26.5 Å². The van der Waals surface area contributed by atoms with Gasteiger partial charge in [-0.2, -0.15) is 5.10 Å². The van der Waals surface area contributed by atoms with E-state index >= 15 is 0 Å². The Morgan fingerprint density at radius 1 is 1.06 bits per heavy atom. The fraction of sp³-hybridized carbons (Fsp3) is 0.160. The molecule has 9 heteroatoms. The molecule has 3 heterocycles. The van der Waals surface area contributed by atoms with Crippen LogP contribution in [0.25, 0.3) is 32.1 Å². The summed E-state index contributed by atoms with van der Waals surface area (Å²) in [6.07, 6.45) is 0.0989. The van der Waals surface area contributed by atoms with Crippen molar-refractivity contribution < 1.29 is 9.32 Å². The molecule has 0 aliphatic rings. The lowest BCUT2D eigenvalue weighted by molar-refractivity contribution is -0.120. The fourth-order valence-corrected chi connectivity index (χ4v) is 4.69. The molecule has 5 aromatic rings. The highest BCUT2D eigenvalue weighted by Gasteiger charge is 2.14. The Labute approximate surface area is 198 Å². The molecule has 34 heavy (non-hydrogen) atoms. The van der Waals surface area contributed by atoms with Crippen molar-refractivity contribution >= 4 is 28.2 Å². The van der Waals surface area contributed by atoms with Crippen molar-refractivity contribution in [2.45, 2.75) is 19.9 Å². The van der Waals surface area contributed by atoms with Gasteiger partial charge in [0, 0.05) is 23.6 Å². The fourth-order valence-electron chi connectivity index (χ4n) is 3.65. The van der Waals surface area contributed by atoms with Crippen LogP contribution in [0.2, 0.25) is 0 Å². The Bertz CT molecular complexity index is 1520. The number of rotatable bonds is 7. The standard InChI is InChI=1S/C25H21N5O3S/c1-16-24(34-25(27-16)17-7-3-2-4-8-17)19-11-12-23(32)30(28-19)14-13-26-22(31)15-20-18-9-5-6-10-21(18)33-29-20/h2-12H,13-15H2,1H3,(H,26,31). The van der Waals surface area contributed by atoms with Gasteiger partial charge in [-0.3, -0.25) is 9.59 Å². The lowest BCUT2D eigenvalue weighted by Crippen LogP contribution is -2.32. The molecule has 0 unspecified atom stereocenters. The molecule has 0 fully saturated rings. The van der Waals surface area contributed by atoms with E-state index in [1.54, 1.807) is 6.07 Å². The summed E-state index contributed by atoms with van der Waals surface area (Å²) in [5.74, 6) is -0.200. The first kappa shape index (κ1) is 21.7. The van der Waals surface area contributed by atoms with Crippen LogP contribution in [0, 0.1) is 6.92 Å². The van der Waals surface area contributed by atoms with Gasteiger partial charge in [0.1, 0.15) is 16.4 Å². The molecule has 0 saturated carbocycles. The summed E-state index contributed by atoms with van der Waals surface area (Å²) in [6, 6.07) is 20.6. The van der Waals surface area contributed by atoms with E-state index in [1.807, 2.05) is 61.5 Å². The second-order valence-electron chi connectivity index (χ2n) is 7.73. The number of para-hydroxylation sites is 1. The van der Waals surface area contributed by atoms with Crippen LogP contribution in [0.5, 0.6) is 0 Å². The first-order chi connectivity index (χ1) is 16.6. The second-order valence-corrected chi connectivity index (χ2v) is 8.73. The minimum Gasteiger partial charge on any atom is -0.356 e. The smallest absolute Gasteiger partial charge is 0.266 e. The Morgan fingerprint density at radius 2 is 1.85 bits per heavy atom. The zero-order valence-electron chi connectivity index (χ0n) is 18.4. The number of thiazole rings is 1. The molecule has 1 amide bonds. The summed E-state index contributed by atoms with van der Waals surface area (Å²) < 4.78 is 6.61. The molecule has 170 valence electrons. The molecule has 2 aromatic carbocycles. The van der Waals surface area contributed by atoms with E-state index in [2.05, 4.69) is 20.6 Å². The Morgan fingerprint density at radius 3 is 2.71 bits per heavy atom. The van der Waals surface area contributed by atoms with Gasteiger partial charge in [0.25, 0.3) is 5.56 Å². The summed E-state index contributed by atoms with van der Waals surface area (Å²) >= 11 is 1.54. The summed E-state index contributed by atoms with van der Waals surface area (Å²) in [6.45, 7) is 2.45. The number of aromatic nitrogens is 4. The summed E-state index contributed by atoms with van der Waals surface area (Å²) in [4.78, 5) is 30.3. The number of nitrogens with one attached hydrogen (secondary N) is 1. The Kier molecular flexibility index (Phi) is 6.01. The summed E-state index contributed by atoms with van der Waals surface area (Å²) in [5, 5.41) is 13.1. The molecule has 0 atom stereocenters. The third-order valence-corrected chi connectivity index (χ3v) is 6.57. The van der Waals surface area contributed by atoms with Gasteiger partial charge in [0.2, 0.25) is 5.91 Å². The summed E-state index contributed by atoms with van der Waals surface area (Å²) in [7, 11) is 0. The topological polar surface area (TPSA) is 103 Å². The number of carbonyl (C=O) groups is 1. The molecule has 8 nitrogen and oxygen atoms in total. The Hall–Kier alpha value is -4.11. The van der Waals surface area contributed by atoms with Crippen molar-refractivity contribution in [3.05, 3.63) is 88.5 Å². The lowest BCUT2D eigenvalue weighted by Gasteiger charge is -2.08. The first-order valence-corrected chi connectivity index (χ1v) is 11.6. The molecule has 0 aliphatic heterocycles. The molecular weight excluding hydrogens is 450 g/mol. The van der Waals surface area contributed by atoms with Gasteiger partial charge >= 0.3 is 0 Å². The van der Waals surface area contributed by atoms with Crippen molar-refractivity contribution in [2.24, 2.45) is 0 Å². The highest BCUT2D eigenvalue weighted by atomic mass is 32.1. The van der Waals surface area contributed by atoms with Crippen molar-refractivity contribution in [1.29, 1.82) is 0 Å². The van der Waals surface area contributed by atoms with E-state index in [9.17, 15) is 9.59 Å². The van der Waals surface area contributed by atoms with Gasteiger partial charge in [0.05, 0.1) is 23.5 Å². The summed E-state index contributed by atoms with van der Waals surface area (Å²) in [5.41, 5.74) is 3.57. The van der Waals surface area contributed by atoms with Crippen LogP contribution >= 0.6 is 11.3 Å². The van der Waals surface area contributed by atoms with E-state index in [-0.39, 0.29) is 31.0 Å². The molecule has 0 radical (unpaired) electrons. The molecule has 5 rings (SSSR count). The van der Waals surface area contributed by atoms with Gasteiger partial charge < -0.3 is 9.84 Å². The lowest BCUT2D eigenvalue weighted by atomic mass is 10.1. The SMILES string of the molecule is Cc1nc(-c2ccccc2)sc1-c1ccc(=O)n(CCNC(=O)Cc2noc3ccccc23)n1. The average molecular weight is 472 g/mol. The maximum absolute atomic E-state index is 12.4. The highest BCUT2D eigenvalue weighted by molar-refractivity contribution is 7.18. The average Bonchev–Trinajstić information content (AvgIpc) is 3.44. The van der Waals surface area contributed by atoms with E-state index < -0.39 is 0 Å². The van der Waals surface area contributed by atoms with Gasteiger partial charge in [-0.15, -0.1) is 11.3 Å². The molecule has 0 bridgehead atoms. The van der Waals surface area contributed by atoms with Crippen LogP contribution in [0.15, 0.2) is 76.0 Å². The quantitative estimate of drug-likeness (QED) is 0.387. The first-order valence-electron chi connectivity index (χ1n) is 10.8. The molecule has 0 spiro atoms. The number of hydrogen-bond acceptors (Lipinski definition) is 7. The predicted molar refractivity (Wildman–Crippen MR) is 131 cm³/mol. The molecule has 0 aliphatic carbocycles. The number of fused-ring (bicyclic) bond motifs is 1. The van der Waals surface area contributed by atoms with Crippen molar-refractivity contribution in [3.63, 3.8) is 0 Å². The zero-order chi connectivity index (χ0) is 23.5. The Balaban J connectivity index is 1.26. The van der Waals surface area contributed by atoms with Crippen molar-refractivity contribution in [1.82, 2.24) is 25.2 Å². The number of hydrogen-bond donors (Lipinski definition) is 1. The minimum absolute atomic E-state index is 0.0989. The van der Waals surface area contributed by atoms with Crippen molar-refractivity contribution in [2.75, 3.05) is 6.54 Å². The molecule has 1 N–H and O–H groups in total.